The second kappa shape index (κ2) is 5.88. The number of halogens is 3. The lowest BCUT2D eigenvalue weighted by molar-refractivity contribution is -0.137. The van der Waals surface area contributed by atoms with Crippen molar-refractivity contribution in [3.8, 4) is 5.75 Å². The number of nitrogens with one attached hydrogen (secondary N) is 1. The van der Waals surface area contributed by atoms with E-state index in [4.69, 9.17) is 9.84 Å². The van der Waals surface area contributed by atoms with Crippen LogP contribution in [-0.2, 0) is 6.18 Å². The summed E-state index contributed by atoms with van der Waals surface area (Å²) in [5.41, 5.74) is 2.96. The first kappa shape index (κ1) is 15.9. The van der Waals surface area contributed by atoms with Crippen LogP contribution in [0.1, 0.15) is 21.5 Å². The Labute approximate surface area is 134 Å². The number of benzene rings is 2. The zero-order chi connectivity index (χ0) is 17.3. The number of carboxylic acids is 1. The fourth-order valence-electron chi connectivity index (χ4n) is 2.27. The van der Waals surface area contributed by atoms with Gasteiger partial charge in [-0.1, -0.05) is 12.1 Å². The predicted molar refractivity (Wildman–Crippen MR) is 80.5 cm³/mol. The third-order valence-electron chi connectivity index (χ3n) is 3.45. The number of fused-ring (bicyclic) bond motifs is 1. The summed E-state index contributed by atoms with van der Waals surface area (Å²) in [6.07, 6.45) is -4.45. The molecule has 0 radical (unpaired) electrons. The summed E-state index contributed by atoms with van der Waals surface area (Å²) in [5.74, 6) is -1.02. The molecule has 0 saturated carbocycles. The van der Waals surface area contributed by atoms with Gasteiger partial charge in [-0.2, -0.15) is 18.3 Å². The summed E-state index contributed by atoms with van der Waals surface area (Å²) in [4.78, 5) is 11.1. The van der Waals surface area contributed by atoms with Gasteiger partial charge in [-0.3, -0.25) is 5.43 Å². The molecule has 24 heavy (non-hydrogen) atoms. The number of carbonyl (C=O) groups is 1. The smallest absolute Gasteiger partial charge is 0.416 e. The van der Waals surface area contributed by atoms with Gasteiger partial charge in [0.1, 0.15) is 18.1 Å². The summed E-state index contributed by atoms with van der Waals surface area (Å²) in [6.45, 7) is -0.00111. The summed E-state index contributed by atoms with van der Waals surface area (Å²) in [7, 11) is 0. The van der Waals surface area contributed by atoms with Gasteiger partial charge in [-0.05, 0) is 30.3 Å². The number of alkyl halides is 3. The molecule has 1 aliphatic rings. The number of anilines is 1. The first-order chi connectivity index (χ1) is 11.4. The van der Waals surface area contributed by atoms with E-state index in [2.05, 4.69) is 10.5 Å². The Bertz CT molecular complexity index is 832. The zero-order valence-electron chi connectivity index (χ0n) is 12.1. The molecule has 0 aromatic heterocycles. The van der Waals surface area contributed by atoms with Crippen LogP contribution < -0.4 is 10.2 Å². The van der Waals surface area contributed by atoms with Crippen LogP contribution in [0.4, 0.5) is 18.9 Å². The normalized spacial score (nSPS) is 15.0. The maximum Gasteiger partial charge on any atom is 0.416 e. The van der Waals surface area contributed by atoms with Gasteiger partial charge >= 0.3 is 12.1 Å². The van der Waals surface area contributed by atoms with Crippen molar-refractivity contribution in [1.29, 1.82) is 0 Å². The largest absolute Gasteiger partial charge is 0.486 e. The van der Waals surface area contributed by atoms with Gasteiger partial charge in [0.15, 0.2) is 0 Å². The van der Waals surface area contributed by atoms with E-state index in [1.54, 1.807) is 12.1 Å². The lowest BCUT2D eigenvalue weighted by Crippen LogP contribution is -2.08. The maximum absolute atomic E-state index is 12.7. The fraction of sp³-hybridized carbons (Fsp3) is 0.125. The van der Waals surface area contributed by atoms with Crippen molar-refractivity contribution in [2.45, 2.75) is 6.18 Å². The highest BCUT2D eigenvalue weighted by atomic mass is 19.4. The number of para-hydroxylation sites is 1. The number of hydrazone groups is 1. The summed E-state index contributed by atoms with van der Waals surface area (Å²) in [6, 6.07) is 9.33. The number of aromatic carboxylic acids is 1. The van der Waals surface area contributed by atoms with E-state index in [9.17, 15) is 18.0 Å². The van der Waals surface area contributed by atoms with Crippen molar-refractivity contribution < 1.29 is 27.8 Å². The average molecular weight is 336 g/mol. The molecule has 2 N–H and O–H groups in total. The molecule has 0 aliphatic carbocycles. The Morgan fingerprint density at radius 1 is 1.21 bits per heavy atom. The van der Waals surface area contributed by atoms with Gasteiger partial charge < -0.3 is 9.84 Å². The number of hydrogen-bond donors (Lipinski definition) is 2. The van der Waals surface area contributed by atoms with Crippen LogP contribution in [0.25, 0.3) is 0 Å². The molecule has 1 aliphatic heterocycles. The van der Waals surface area contributed by atoms with Crippen molar-refractivity contribution in [2.24, 2.45) is 5.10 Å². The molecule has 0 unspecified atom stereocenters. The van der Waals surface area contributed by atoms with Crippen LogP contribution in [0.3, 0.4) is 0 Å². The van der Waals surface area contributed by atoms with Crippen molar-refractivity contribution in [3.63, 3.8) is 0 Å². The van der Waals surface area contributed by atoms with Crippen LogP contribution in [0.15, 0.2) is 47.6 Å². The van der Waals surface area contributed by atoms with Crippen molar-refractivity contribution in [1.82, 2.24) is 0 Å². The molecule has 124 valence electrons. The van der Waals surface area contributed by atoms with Crippen LogP contribution in [0, 0.1) is 0 Å². The number of carboxylic acid groups (broad SMARTS) is 1. The first-order valence-corrected chi connectivity index (χ1v) is 6.85. The molecule has 5 nitrogen and oxygen atoms in total. The molecule has 3 rings (SSSR count). The van der Waals surface area contributed by atoms with Crippen molar-refractivity contribution >= 4 is 17.4 Å². The van der Waals surface area contributed by atoms with Crippen LogP contribution in [-0.4, -0.2) is 23.4 Å². The Morgan fingerprint density at radius 3 is 2.67 bits per heavy atom. The van der Waals surface area contributed by atoms with E-state index in [0.717, 1.165) is 12.1 Å². The summed E-state index contributed by atoms with van der Waals surface area (Å²) < 4.78 is 43.3. The van der Waals surface area contributed by atoms with E-state index in [1.807, 2.05) is 0 Å². The minimum atomic E-state index is -4.45. The molecular formula is C16H11F3N2O3. The molecule has 0 atom stereocenters. The number of rotatable bonds is 3. The molecular weight excluding hydrogens is 325 g/mol. The molecule has 2 aromatic rings. The highest BCUT2D eigenvalue weighted by molar-refractivity contribution is 6.06. The van der Waals surface area contributed by atoms with E-state index in [0.29, 0.717) is 11.3 Å². The minimum absolute atomic E-state index is 0.00111. The van der Waals surface area contributed by atoms with Gasteiger partial charge in [0, 0.05) is 5.56 Å². The third-order valence-corrected chi connectivity index (χ3v) is 3.45. The topological polar surface area (TPSA) is 70.9 Å². The Morgan fingerprint density at radius 2 is 1.96 bits per heavy atom. The van der Waals surface area contributed by atoms with Crippen molar-refractivity contribution in [3.05, 3.63) is 59.2 Å². The predicted octanol–water partition coefficient (Wildman–Crippen LogP) is 3.61. The Balaban J connectivity index is 1.87. The number of hydrogen-bond acceptors (Lipinski definition) is 4. The Hall–Kier alpha value is -3.03. The quantitative estimate of drug-likeness (QED) is 0.840. The monoisotopic (exact) mass is 336 g/mol. The van der Waals surface area contributed by atoms with Crippen LogP contribution >= 0.6 is 0 Å². The first-order valence-electron chi connectivity index (χ1n) is 6.85. The van der Waals surface area contributed by atoms with E-state index < -0.39 is 17.7 Å². The number of nitrogens with zero attached hydrogens (tertiary/aromatic N) is 1. The van der Waals surface area contributed by atoms with Crippen LogP contribution in [0.2, 0.25) is 0 Å². The fourth-order valence-corrected chi connectivity index (χ4v) is 2.27. The highest BCUT2D eigenvalue weighted by Crippen LogP contribution is 2.35. The molecule has 8 heteroatoms. The lowest BCUT2D eigenvalue weighted by Gasteiger charge is -2.08. The molecule has 0 spiro atoms. The maximum atomic E-state index is 12.7. The van der Waals surface area contributed by atoms with Gasteiger partial charge in [0.25, 0.3) is 0 Å². The molecule has 1 heterocycles. The molecule has 0 bridgehead atoms. The van der Waals surface area contributed by atoms with E-state index in [-0.39, 0.29) is 23.6 Å². The molecule has 0 amide bonds. The molecule has 0 fully saturated rings. The third kappa shape index (κ3) is 3.03. The lowest BCUT2D eigenvalue weighted by atomic mass is 10.1. The zero-order valence-corrected chi connectivity index (χ0v) is 12.1. The van der Waals surface area contributed by atoms with Gasteiger partial charge in [0.2, 0.25) is 0 Å². The SMILES string of the molecule is O=C(O)c1ccccc1N/N=C1\COc2cc(C(F)(F)F)ccc21. The van der Waals surface area contributed by atoms with Crippen molar-refractivity contribution in [2.75, 3.05) is 12.0 Å². The Kier molecular flexibility index (Phi) is 3.88. The molecule has 2 aromatic carbocycles. The van der Waals surface area contributed by atoms with Gasteiger partial charge in [0.05, 0.1) is 16.8 Å². The molecule has 0 saturated heterocycles. The average Bonchev–Trinajstić information content (AvgIpc) is 2.94. The number of ether oxygens (including phenoxy) is 1. The van der Waals surface area contributed by atoms with E-state index in [1.165, 1.54) is 18.2 Å². The van der Waals surface area contributed by atoms with Gasteiger partial charge in [-0.25, -0.2) is 4.79 Å². The summed E-state index contributed by atoms with van der Waals surface area (Å²) >= 11 is 0. The standard InChI is InChI=1S/C16H11F3N2O3/c17-16(18,19)9-5-6-10-13(8-24-14(10)7-9)21-20-12-4-2-1-3-11(12)15(22)23/h1-7,20H,8H2,(H,22,23)/b21-13+. The minimum Gasteiger partial charge on any atom is -0.486 e. The van der Waals surface area contributed by atoms with Crippen LogP contribution in [0.5, 0.6) is 5.75 Å². The second-order valence-electron chi connectivity index (χ2n) is 5.02. The second-order valence-corrected chi connectivity index (χ2v) is 5.02. The highest BCUT2D eigenvalue weighted by Gasteiger charge is 2.33. The van der Waals surface area contributed by atoms with Gasteiger partial charge in [-0.15, -0.1) is 0 Å². The summed E-state index contributed by atoms with van der Waals surface area (Å²) in [5, 5.41) is 13.2. The van der Waals surface area contributed by atoms with E-state index >= 15 is 0 Å².